The molecule has 0 saturated heterocycles. The van der Waals surface area contributed by atoms with E-state index in [0.717, 1.165) is 76.6 Å². The predicted octanol–water partition coefficient (Wildman–Crippen LogP) is 8.01. The third kappa shape index (κ3) is 14.1. The van der Waals surface area contributed by atoms with Gasteiger partial charge >= 0.3 is 11.9 Å². The molecule has 12 rings (SSSR count). The highest BCUT2D eigenvalue weighted by Crippen LogP contribution is 2.32. The maximum absolute atomic E-state index is 13.1. The van der Waals surface area contributed by atoms with Gasteiger partial charge in [0.15, 0.2) is 45.7 Å². The molecule has 2 aliphatic carbocycles. The first-order chi connectivity index (χ1) is 43.1. The van der Waals surface area contributed by atoms with Crippen LogP contribution in [-0.4, -0.2) is 139 Å². The van der Waals surface area contributed by atoms with Crippen molar-refractivity contribution in [2.75, 3.05) is 70.1 Å². The van der Waals surface area contributed by atoms with Crippen LogP contribution in [0.2, 0.25) is 0 Å². The lowest BCUT2D eigenvalue weighted by Crippen LogP contribution is -2.27. The molecule has 6 heterocycles. The lowest BCUT2D eigenvalue weighted by molar-refractivity contribution is 0.0593. The van der Waals surface area contributed by atoms with Crippen LogP contribution in [0.25, 0.3) is 11.3 Å². The number of anilines is 6. The van der Waals surface area contributed by atoms with E-state index in [4.69, 9.17) is 28.8 Å². The molecule has 6 aromatic heterocycles. The van der Waals surface area contributed by atoms with Crippen molar-refractivity contribution in [3.63, 3.8) is 0 Å². The molecule has 0 unspecified atom stereocenters. The number of hydrogen-bond donors (Lipinski definition) is 5. The number of imidazole rings is 2. The van der Waals surface area contributed by atoms with Gasteiger partial charge < -0.3 is 59.9 Å². The average Bonchev–Trinajstić information content (AvgIpc) is 3.19. The summed E-state index contributed by atoms with van der Waals surface area (Å²) in [5.41, 5.74) is 7.55. The Hall–Kier alpha value is -11.2. The summed E-state index contributed by atoms with van der Waals surface area (Å²) in [4.78, 5) is 64.3. The van der Waals surface area contributed by atoms with Crippen LogP contribution in [0.5, 0.6) is 23.0 Å². The van der Waals surface area contributed by atoms with Crippen LogP contribution in [-0.2, 0) is 30.9 Å². The van der Waals surface area contributed by atoms with Crippen LogP contribution in [0, 0.1) is 0 Å². The summed E-state index contributed by atoms with van der Waals surface area (Å²) in [6, 6.07) is 34.5. The van der Waals surface area contributed by atoms with Gasteiger partial charge in [0.05, 0.1) is 83.8 Å². The fourth-order valence-electron chi connectivity index (χ4n) is 9.76. The number of aromatic nitrogens is 10. The normalized spacial score (nSPS) is 12.6. The van der Waals surface area contributed by atoms with E-state index in [1.807, 2.05) is 127 Å². The van der Waals surface area contributed by atoms with Crippen molar-refractivity contribution in [3.8, 4) is 23.0 Å². The average molecular weight is 1210 g/mol. The van der Waals surface area contributed by atoms with Crippen LogP contribution in [0.3, 0.4) is 0 Å². The monoisotopic (exact) mass is 1210 g/mol. The van der Waals surface area contributed by atoms with Crippen LogP contribution < -0.4 is 50.0 Å². The van der Waals surface area contributed by atoms with E-state index in [-0.39, 0.29) is 46.7 Å². The van der Waals surface area contributed by atoms with Crippen LogP contribution in [0.1, 0.15) is 89.9 Å². The molecule has 10 aromatic rings. The Kier molecular flexibility index (Phi) is 17.5. The Balaban J connectivity index is 0.000000184. The molecule has 2 amide bonds. The van der Waals surface area contributed by atoms with Crippen molar-refractivity contribution in [3.05, 3.63) is 179 Å². The van der Waals surface area contributed by atoms with Crippen LogP contribution in [0.15, 0.2) is 134 Å². The topological polar surface area (TPSA) is 285 Å². The standard InChI is InChI=1S/C32H34N8O5.C31H32N8O5/c1-38(17-20-5-11-23(43-2)12-6-20)26-15-28(36-40-27(16-33-30(26)40)31(41)34-22-9-10-22)35-25-19-39(37-29(25)32(42)45-4)18-21-7-13-24(44-3)14-8-21;1-37(16-19-4-10-22(43-2)11-5-19)25-14-27(35-39-26(15-32-29(25)39)30(40)33-21-8-9-21)34-24-18-38(36-28(24)31(41)42)17-20-6-12-23(44-3)13-7-20/h5-8,11-16,19,22H,9-10,17-18H2,1-4H3,(H,34,41)(H,35,36);4-7,10-15,18,21H,8-9,16-17H2,1-3H3,(H,33,40)(H,34,35)(H,41,42). The number of esters is 1. The molecule has 5 N–H and O–H groups in total. The smallest absolute Gasteiger partial charge is 0.360 e. The molecule has 458 valence electrons. The molecule has 2 saturated carbocycles. The van der Waals surface area contributed by atoms with E-state index in [1.54, 1.807) is 56.3 Å². The van der Waals surface area contributed by atoms with Gasteiger partial charge in [0, 0.05) is 63.8 Å². The Morgan fingerprint density at radius 3 is 1.22 bits per heavy atom. The minimum atomic E-state index is -1.19. The quantitative estimate of drug-likeness (QED) is 0.0358. The van der Waals surface area contributed by atoms with E-state index in [0.29, 0.717) is 66.2 Å². The number of nitrogens with one attached hydrogen (secondary N) is 4. The second kappa shape index (κ2) is 26.2. The van der Waals surface area contributed by atoms with Gasteiger partial charge in [0.2, 0.25) is 0 Å². The van der Waals surface area contributed by atoms with Gasteiger partial charge in [-0.25, -0.2) is 28.6 Å². The lowest BCUT2D eigenvalue weighted by Gasteiger charge is -2.21. The number of ether oxygens (including phenoxy) is 5. The summed E-state index contributed by atoms with van der Waals surface area (Å²) in [5, 5.41) is 40.5. The number of benzene rings is 4. The van der Waals surface area contributed by atoms with Crippen molar-refractivity contribution >= 4 is 69.4 Å². The Morgan fingerprint density at radius 1 is 0.517 bits per heavy atom. The van der Waals surface area contributed by atoms with E-state index in [1.165, 1.54) is 28.5 Å². The number of carbonyl (C=O) groups is 4. The van der Waals surface area contributed by atoms with E-state index < -0.39 is 11.9 Å². The van der Waals surface area contributed by atoms with Gasteiger partial charge in [-0.1, -0.05) is 48.5 Å². The highest BCUT2D eigenvalue weighted by atomic mass is 16.5. The van der Waals surface area contributed by atoms with Crippen LogP contribution in [0.4, 0.5) is 34.4 Å². The molecule has 0 atom stereocenters. The number of carboxylic acids is 1. The number of amides is 2. The van der Waals surface area contributed by atoms with Gasteiger partial charge in [-0.2, -0.15) is 10.2 Å². The summed E-state index contributed by atoms with van der Waals surface area (Å²) in [6.07, 6.45) is 10.2. The number of aromatic carboxylic acids is 1. The Labute approximate surface area is 510 Å². The number of rotatable bonds is 24. The first-order valence-corrected chi connectivity index (χ1v) is 28.5. The number of methoxy groups -OCH3 is 5. The number of carboxylic acid groups (broad SMARTS) is 1. The zero-order chi connectivity index (χ0) is 62.3. The Bertz CT molecular complexity index is 4170. The summed E-state index contributed by atoms with van der Waals surface area (Å²) in [6.45, 7) is 1.83. The maximum atomic E-state index is 13.1. The summed E-state index contributed by atoms with van der Waals surface area (Å²) >= 11 is 0. The molecule has 0 bridgehead atoms. The lowest BCUT2D eigenvalue weighted by atomic mass is 10.2. The zero-order valence-electron chi connectivity index (χ0n) is 50.0. The molecule has 0 radical (unpaired) electrons. The highest BCUT2D eigenvalue weighted by molar-refractivity contribution is 5.97. The van der Waals surface area contributed by atoms with Crippen molar-refractivity contribution in [2.24, 2.45) is 0 Å². The van der Waals surface area contributed by atoms with E-state index >= 15 is 0 Å². The fourth-order valence-corrected chi connectivity index (χ4v) is 9.76. The minimum absolute atomic E-state index is 0.0957. The molecular formula is C63H66N16O10. The maximum Gasteiger partial charge on any atom is 0.360 e. The summed E-state index contributed by atoms with van der Waals surface area (Å²) in [7, 11) is 11.6. The first kappa shape index (κ1) is 59.5. The third-order valence-electron chi connectivity index (χ3n) is 14.8. The molecule has 0 spiro atoms. The fraction of sp³-hybridized carbons (Fsp3) is 0.270. The van der Waals surface area contributed by atoms with Gasteiger partial charge in [-0.15, -0.1) is 10.2 Å². The van der Waals surface area contributed by atoms with Crippen molar-refractivity contribution in [2.45, 2.75) is 63.9 Å². The molecule has 2 fully saturated rings. The van der Waals surface area contributed by atoms with Gasteiger partial charge in [0.1, 0.15) is 23.0 Å². The second-order valence-corrected chi connectivity index (χ2v) is 21.4. The van der Waals surface area contributed by atoms with Gasteiger partial charge in [0.25, 0.3) is 11.8 Å². The SMILES string of the molecule is COC(=O)c1nn(Cc2ccc(OC)cc2)cc1Nc1cc(N(C)Cc2ccc(OC)cc2)c2ncc(C(=O)NC3CC3)n2n1.COc1ccc(CN(C)c2cc(Nc3cn(Cc4ccc(OC)cc4)nc3C(=O)O)nn3c(C(=O)NC4CC4)cnc23)cc1. The third-order valence-corrected chi connectivity index (χ3v) is 14.8. The number of nitrogens with zero attached hydrogens (tertiary/aromatic N) is 12. The zero-order valence-corrected chi connectivity index (χ0v) is 50.0. The van der Waals surface area contributed by atoms with Gasteiger partial charge in [-0.05, 0) is 96.5 Å². The second-order valence-electron chi connectivity index (χ2n) is 21.4. The number of fused-ring (bicyclic) bond motifs is 2. The molecule has 26 nitrogen and oxygen atoms in total. The van der Waals surface area contributed by atoms with Crippen molar-refractivity contribution in [1.29, 1.82) is 0 Å². The molecule has 4 aromatic carbocycles. The van der Waals surface area contributed by atoms with Gasteiger partial charge in [-0.3, -0.25) is 19.0 Å². The van der Waals surface area contributed by atoms with E-state index in [9.17, 15) is 24.3 Å². The first-order valence-electron chi connectivity index (χ1n) is 28.5. The molecule has 89 heavy (non-hydrogen) atoms. The number of carbonyl (C=O) groups excluding carboxylic acids is 3. The summed E-state index contributed by atoms with van der Waals surface area (Å²) < 4.78 is 32.3. The predicted molar refractivity (Wildman–Crippen MR) is 331 cm³/mol. The Morgan fingerprint density at radius 2 is 0.876 bits per heavy atom. The summed E-state index contributed by atoms with van der Waals surface area (Å²) in [5.74, 6) is 1.39. The molecule has 26 heteroatoms. The minimum Gasteiger partial charge on any atom is -0.497 e. The number of hydrogen-bond acceptors (Lipinski definition) is 19. The molecule has 0 aliphatic heterocycles. The molecule has 2 aliphatic rings. The van der Waals surface area contributed by atoms with Crippen molar-refractivity contribution < 1.29 is 48.0 Å². The van der Waals surface area contributed by atoms with E-state index in [2.05, 4.69) is 46.5 Å². The highest BCUT2D eigenvalue weighted by Gasteiger charge is 2.29. The van der Waals surface area contributed by atoms with Crippen LogP contribution >= 0.6 is 0 Å². The molecular weight excluding hydrogens is 1140 g/mol. The largest absolute Gasteiger partial charge is 0.497 e. The van der Waals surface area contributed by atoms with Crippen molar-refractivity contribution in [1.82, 2.24) is 59.4 Å².